The van der Waals surface area contributed by atoms with E-state index in [1.165, 1.54) is 63.8 Å². The van der Waals surface area contributed by atoms with Crippen molar-refractivity contribution in [1.29, 1.82) is 0 Å². The predicted molar refractivity (Wildman–Crippen MR) is 164 cm³/mol. The smallest absolute Gasteiger partial charge is 0.339 e. The third-order valence-corrected chi connectivity index (χ3v) is 7.44. The molecule has 0 spiro atoms. The van der Waals surface area contributed by atoms with Crippen LogP contribution in [0.25, 0.3) is 6.08 Å². The fraction of sp³-hybridized carbons (Fsp3) is 0.125. The molecule has 11 heteroatoms. The third kappa shape index (κ3) is 7.72. The molecule has 0 radical (unpaired) electrons. The van der Waals surface area contributed by atoms with Crippen LogP contribution >= 0.6 is 0 Å². The Hall–Kier alpha value is -5.29. The van der Waals surface area contributed by atoms with Gasteiger partial charge in [-0.2, -0.15) is 8.42 Å². The molecule has 0 aliphatic rings. The fourth-order valence-corrected chi connectivity index (χ4v) is 4.89. The Balaban J connectivity index is 1.48. The molecule has 2 N–H and O–H groups in total. The molecular formula is C32H30N2O8S. The number of hydrogen-bond donors (Lipinski definition) is 2. The standard InChI is InChI=1S/C32H30N2O8S/c1-21-10-14-24(15-11-21)43(37,38)42-27-16-12-22(18-30(27)41-4)13-17-31(35)33-25-19-29(40-3)26(20-28(25)39-2)34-32(36)23-8-6-5-7-9-23/h5-20H,1-4H3,(H,33,35)(H,34,36). The van der Waals surface area contributed by atoms with Crippen LogP contribution in [-0.4, -0.2) is 41.6 Å². The summed E-state index contributed by atoms with van der Waals surface area (Å²) in [4.78, 5) is 25.4. The van der Waals surface area contributed by atoms with Gasteiger partial charge in [0.1, 0.15) is 16.4 Å². The van der Waals surface area contributed by atoms with Gasteiger partial charge in [-0.15, -0.1) is 0 Å². The summed E-state index contributed by atoms with van der Waals surface area (Å²) in [5, 5.41) is 5.52. The summed E-state index contributed by atoms with van der Waals surface area (Å²) >= 11 is 0. The minimum Gasteiger partial charge on any atom is -0.494 e. The number of methoxy groups -OCH3 is 3. The molecule has 0 aliphatic carbocycles. The summed E-state index contributed by atoms with van der Waals surface area (Å²) in [5.74, 6) is -0.0455. The van der Waals surface area contributed by atoms with Gasteiger partial charge in [-0.1, -0.05) is 42.0 Å². The van der Waals surface area contributed by atoms with Crippen molar-refractivity contribution < 1.29 is 36.4 Å². The van der Waals surface area contributed by atoms with Gasteiger partial charge in [0.15, 0.2) is 11.5 Å². The summed E-state index contributed by atoms with van der Waals surface area (Å²) in [6.07, 6.45) is 2.81. The molecule has 0 saturated heterocycles. The normalized spacial score (nSPS) is 11.1. The first kappa shape index (κ1) is 30.7. The molecular weight excluding hydrogens is 572 g/mol. The molecule has 2 amide bonds. The molecule has 0 aromatic heterocycles. The average molecular weight is 603 g/mol. The Morgan fingerprint density at radius 3 is 1.91 bits per heavy atom. The van der Waals surface area contributed by atoms with Crippen LogP contribution in [0.15, 0.2) is 95.9 Å². The van der Waals surface area contributed by atoms with Crippen molar-refractivity contribution in [2.45, 2.75) is 11.8 Å². The van der Waals surface area contributed by atoms with Crippen molar-refractivity contribution in [1.82, 2.24) is 0 Å². The van der Waals surface area contributed by atoms with Crippen LogP contribution in [-0.2, 0) is 14.9 Å². The highest BCUT2D eigenvalue weighted by atomic mass is 32.2. The van der Waals surface area contributed by atoms with Crippen LogP contribution in [0.1, 0.15) is 21.5 Å². The minimum absolute atomic E-state index is 0.000882. The van der Waals surface area contributed by atoms with Gasteiger partial charge in [0.2, 0.25) is 5.91 Å². The molecule has 0 bridgehead atoms. The molecule has 0 aliphatic heterocycles. The topological polar surface area (TPSA) is 129 Å². The van der Waals surface area contributed by atoms with Gasteiger partial charge in [0.25, 0.3) is 5.91 Å². The monoisotopic (exact) mass is 602 g/mol. The lowest BCUT2D eigenvalue weighted by atomic mass is 10.1. The summed E-state index contributed by atoms with van der Waals surface area (Å²) < 4.78 is 46.9. The lowest BCUT2D eigenvalue weighted by Crippen LogP contribution is -2.14. The molecule has 43 heavy (non-hydrogen) atoms. The fourth-order valence-electron chi connectivity index (χ4n) is 3.95. The van der Waals surface area contributed by atoms with E-state index in [2.05, 4.69) is 10.6 Å². The van der Waals surface area contributed by atoms with Gasteiger partial charge >= 0.3 is 10.1 Å². The highest BCUT2D eigenvalue weighted by Crippen LogP contribution is 2.37. The van der Waals surface area contributed by atoms with Gasteiger partial charge in [-0.3, -0.25) is 9.59 Å². The van der Waals surface area contributed by atoms with Crippen molar-refractivity contribution >= 4 is 39.4 Å². The molecule has 10 nitrogen and oxygen atoms in total. The first-order valence-corrected chi connectivity index (χ1v) is 14.3. The number of amides is 2. The molecule has 0 atom stereocenters. The second-order valence-corrected chi connectivity index (χ2v) is 10.7. The van der Waals surface area contributed by atoms with Crippen molar-refractivity contribution in [2.24, 2.45) is 0 Å². The zero-order chi connectivity index (χ0) is 31.0. The molecule has 0 saturated carbocycles. The Morgan fingerprint density at radius 1 is 0.698 bits per heavy atom. The lowest BCUT2D eigenvalue weighted by Gasteiger charge is -2.16. The molecule has 222 valence electrons. The Bertz CT molecular complexity index is 1750. The second-order valence-electron chi connectivity index (χ2n) is 9.16. The zero-order valence-corrected chi connectivity index (χ0v) is 24.7. The highest BCUT2D eigenvalue weighted by Gasteiger charge is 2.19. The van der Waals surface area contributed by atoms with Crippen LogP contribution in [0.4, 0.5) is 11.4 Å². The van der Waals surface area contributed by atoms with Crippen molar-refractivity contribution in [3.8, 4) is 23.0 Å². The van der Waals surface area contributed by atoms with Crippen molar-refractivity contribution in [2.75, 3.05) is 32.0 Å². The van der Waals surface area contributed by atoms with Crippen molar-refractivity contribution in [3.63, 3.8) is 0 Å². The molecule has 0 unspecified atom stereocenters. The molecule has 4 rings (SSSR count). The van der Waals surface area contributed by atoms with E-state index < -0.39 is 16.0 Å². The van der Waals surface area contributed by atoms with Gasteiger partial charge in [0, 0.05) is 23.8 Å². The van der Waals surface area contributed by atoms with Gasteiger partial charge in [-0.05, 0) is 55.0 Å². The number of carbonyl (C=O) groups is 2. The van der Waals surface area contributed by atoms with E-state index in [1.54, 1.807) is 48.5 Å². The number of hydrogen-bond acceptors (Lipinski definition) is 8. The maximum Gasteiger partial charge on any atom is 0.339 e. The summed E-state index contributed by atoms with van der Waals surface area (Å²) in [7, 11) is 0.180. The van der Waals surface area contributed by atoms with Crippen LogP contribution < -0.4 is 29.0 Å². The third-order valence-electron chi connectivity index (χ3n) is 6.19. The Kier molecular flexibility index (Phi) is 9.68. The number of aryl methyl sites for hydroxylation is 1. The SMILES string of the molecule is COc1cc(NC(=O)c2ccccc2)c(OC)cc1NC(=O)C=Cc1ccc(OS(=O)(=O)c2ccc(C)cc2)c(OC)c1. The second kappa shape index (κ2) is 13.6. The van der Waals surface area contributed by atoms with E-state index in [0.29, 0.717) is 34.0 Å². The average Bonchev–Trinajstić information content (AvgIpc) is 3.01. The summed E-state index contributed by atoms with van der Waals surface area (Å²) in [6.45, 7) is 1.85. The summed E-state index contributed by atoms with van der Waals surface area (Å²) in [5.41, 5.74) is 2.61. The van der Waals surface area contributed by atoms with E-state index in [1.807, 2.05) is 13.0 Å². The first-order chi connectivity index (χ1) is 20.6. The molecule has 0 heterocycles. The quantitative estimate of drug-likeness (QED) is 0.165. The minimum atomic E-state index is -4.08. The number of carbonyl (C=O) groups excluding carboxylic acids is 2. The number of ether oxygens (including phenoxy) is 3. The Labute approximate surface area is 250 Å². The molecule has 0 fully saturated rings. The van der Waals surface area contributed by atoms with E-state index in [4.69, 9.17) is 18.4 Å². The predicted octanol–water partition coefficient (Wildman–Crippen LogP) is 5.69. The van der Waals surface area contributed by atoms with E-state index in [9.17, 15) is 18.0 Å². The highest BCUT2D eigenvalue weighted by molar-refractivity contribution is 7.87. The first-order valence-electron chi connectivity index (χ1n) is 12.9. The summed E-state index contributed by atoms with van der Waals surface area (Å²) in [6, 6.07) is 22.6. The van der Waals surface area contributed by atoms with Crippen LogP contribution in [0.2, 0.25) is 0 Å². The van der Waals surface area contributed by atoms with Gasteiger partial charge in [0.05, 0.1) is 32.7 Å². The van der Waals surface area contributed by atoms with Crippen LogP contribution in [0.3, 0.4) is 0 Å². The Morgan fingerprint density at radius 2 is 1.30 bits per heavy atom. The maximum absolute atomic E-state index is 12.8. The lowest BCUT2D eigenvalue weighted by molar-refractivity contribution is -0.111. The van der Waals surface area contributed by atoms with Crippen LogP contribution in [0, 0.1) is 6.92 Å². The number of anilines is 2. The van der Waals surface area contributed by atoms with Crippen LogP contribution in [0.5, 0.6) is 23.0 Å². The van der Waals surface area contributed by atoms with E-state index in [0.717, 1.165) is 5.56 Å². The number of benzene rings is 4. The van der Waals surface area contributed by atoms with E-state index >= 15 is 0 Å². The van der Waals surface area contributed by atoms with Gasteiger partial charge < -0.3 is 29.0 Å². The van der Waals surface area contributed by atoms with Gasteiger partial charge in [-0.25, -0.2) is 0 Å². The number of nitrogens with one attached hydrogen (secondary N) is 2. The number of rotatable bonds is 11. The molecule has 4 aromatic rings. The molecule has 4 aromatic carbocycles. The maximum atomic E-state index is 12.8. The largest absolute Gasteiger partial charge is 0.494 e. The van der Waals surface area contributed by atoms with Crippen molar-refractivity contribution in [3.05, 3.63) is 108 Å². The van der Waals surface area contributed by atoms with E-state index in [-0.39, 0.29) is 22.3 Å². The zero-order valence-electron chi connectivity index (χ0n) is 23.9.